The van der Waals surface area contributed by atoms with Crippen molar-refractivity contribution in [2.24, 2.45) is 23.7 Å². The van der Waals surface area contributed by atoms with Crippen LogP contribution in [-0.2, 0) is 9.59 Å². The van der Waals surface area contributed by atoms with Crippen LogP contribution in [-0.4, -0.2) is 48.9 Å². The summed E-state index contributed by atoms with van der Waals surface area (Å²) in [4.78, 5) is 27.0. The molecule has 0 aromatic heterocycles. The van der Waals surface area contributed by atoms with Crippen LogP contribution in [0.25, 0.3) is 0 Å². The zero-order valence-corrected chi connectivity index (χ0v) is 16.6. The molecule has 0 aromatic carbocycles. The van der Waals surface area contributed by atoms with Gasteiger partial charge in [-0.15, -0.1) is 12.4 Å². The van der Waals surface area contributed by atoms with Crippen molar-refractivity contribution in [1.29, 1.82) is 0 Å². The van der Waals surface area contributed by atoms with Crippen LogP contribution in [0.5, 0.6) is 0 Å². The van der Waals surface area contributed by atoms with Gasteiger partial charge in [-0.25, -0.2) is 0 Å². The van der Waals surface area contributed by atoms with Gasteiger partial charge in [0.1, 0.15) is 0 Å². The monoisotopic (exact) mass is 383 g/mol. The molecular weight excluding hydrogens is 350 g/mol. The predicted molar refractivity (Wildman–Crippen MR) is 104 cm³/mol. The Labute approximate surface area is 163 Å². The van der Waals surface area contributed by atoms with E-state index >= 15 is 0 Å². The van der Waals surface area contributed by atoms with E-state index in [2.05, 4.69) is 15.5 Å². The van der Waals surface area contributed by atoms with Gasteiger partial charge < -0.3 is 15.5 Å². The molecule has 6 heteroatoms. The molecule has 5 unspecified atom stereocenters. The number of fused-ring (bicyclic) bond motifs is 2. The Balaban J connectivity index is 0.00000196. The second kappa shape index (κ2) is 8.92. The molecule has 2 aliphatic carbocycles. The van der Waals surface area contributed by atoms with Crippen LogP contribution in [0.15, 0.2) is 0 Å². The number of nitrogens with one attached hydrogen (secondary N) is 2. The number of hydrogen-bond acceptors (Lipinski definition) is 3. The molecule has 5 nitrogen and oxygen atoms in total. The summed E-state index contributed by atoms with van der Waals surface area (Å²) in [5.41, 5.74) is 0. The maximum Gasteiger partial charge on any atom is 0.237 e. The topological polar surface area (TPSA) is 61.4 Å². The molecule has 0 aromatic rings. The molecule has 5 atom stereocenters. The normalized spacial score (nSPS) is 36.0. The zero-order valence-electron chi connectivity index (χ0n) is 15.8. The fraction of sp³-hybridized carbons (Fsp3) is 0.900. The predicted octanol–water partition coefficient (Wildman–Crippen LogP) is 2.34. The molecule has 2 saturated carbocycles. The molecular formula is C20H34ClN3O2. The van der Waals surface area contributed by atoms with Gasteiger partial charge in [0.25, 0.3) is 0 Å². The molecule has 4 fully saturated rings. The van der Waals surface area contributed by atoms with Crippen molar-refractivity contribution in [2.45, 2.75) is 63.8 Å². The summed E-state index contributed by atoms with van der Waals surface area (Å²) in [7, 11) is 0. The molecule has 26 heavy (non-hydrogen) atoms. The highest BCUT2D eigenvalue weighted by molar-refractivity contribution is 5.85. The summed E-state index contributed by atoms with van der Waals surface area (Å²) in [5, 5.41) is 6.36. The average molecular weight is 384 g/mol. The number of piperidine rings is 1. The van der Waals surface area contributed by atoms with E-state index in [0.717, 1.165) is 70.1 Å². The van der Waals surface area contributed by atoms with Gasteiger partial charge in [0.2, 0.25) is 11.8 Å². The molecule has 2 aliphatic heterocycles. The largest absolute Gasteiger partial charge is 0.354 e. The first-order chi connectivity index (χ1) is 12.2. The first-order valence-corrected chi connectivity index (χ1v) is 10.5. The maximum absolute atomic E-state index is 12.8. The van der Waals surface area contributed by atoms with E-state index in [1.165, 1.54) is 25.7 Å². The lowest BCUT2D eigenvalue weighted by molar-refractivity contribution is -0.134. The zero-order chi connectivity index (χ0) is 17.2. The minimum Gasteiger partial charge on any atom is -0.354 e. The van der Waals surface area contributed by atoms with E-state index in [1.807, 2.05) is 0 Å². The molecule has 4 aliphatic rings. The minimum atomic E-state index is -0.000820. The SMILES string of the molecule is Cl.O=C(NCC1CCCN(C(=O)CC2CC3CCC2C3)C1)C1CCCN1. The molecule has 4 rings (SSSR count). The highest BCUT2D eigenvalue weighted by atomic mass is 35.5. The number of hydrogen-bond donors (Lipinski definition) is 2. The van der Waals surface area contributed by atoms with Crippen molar-refractivity contribution >= 4 is 24.2 Å². The second-order valence-electron chi connectivity index (χ2n) is 8.88. The lowest BCUT2D eigenvalue weighted by Gasteiger charge is -2.34. The summed E-state index contributed by atoms with van der Waals surface area (Å²) >= 11 is 0. The van der Waals surface area contributed by atoms with E-state index in [1.54, 1.807) is 0 Å². The Bertz CT molecular complexity index is 509. The van der Waals surface area contributed by atoms with Crippen LogP contribution in [0.3, 0.4) is 0 Å². The van der Waals surface area contributed by atoms with Gasteiger partial charge in [0.15, 0.2) is 0 Å². The molecule has 0 spiro atoms. The number of halogens is 1. The van der Waals surface area contributed by atoms with Crippen LogP contribution >= 0.6 is 12.4 Å². The first kappa shape index (κ1) is 19.9. The summed E-state index contributed by atoms with van der Waals surface area (Å²) in [5.74, 6) is 3.32. The molecule has 2 saturated heterocycles. The fourth-order valence-corrected chi connectivity index (χ4v) is 5.71. The summed E-state index contributed by atoms with van der Waals surface area (Å²) in [6, 6.07) is -0.000820. The second-order valence-corrected chi connectivity index (χ2v) is 8.88. The molecule has 148 valence electrons. The third-order valence-electron chi connectivity index (χ3n) is 7.13. The average Bonchev–Trinajstić information content (AvgIpc) is 3.37. The summed E-state index contributed by atoms with van der Waals surface area (Å²) in [6.07, 6.45) is 10.4. The van der Waals surface area contributed by atoms with Gasteiger partial charge in [-0.3, -0.25) is 9.59 Å². The van der Waals surface area contributed by atoms with Crippen LogP contribution in [0, 0.1) is 23.7 Å². The quantitative estimate of drug-likeness (QED) is 0.766. The Morgan fingerprint density at radius 2 is 1.96 bits per heavy atom. The summed E-state index contributed by atoms with van der Waals surface area (Å²) in [6.45, 7) is 3.41. The van der Waals surface area contributed by atoms with Gasteiger partial charge in [-0.2, -0.15) is 0 Å². The number of likely N-dealkylation sites (tertiary alicyclic amines) is 1. The van der Waals surface area contributed by atoms with Crippen LogP contribution in [0.1, 0.15) is 57.8 Å². The Morgan fingerprint density at radius 3 is 2.65 bits per heavy atom. The van der Waals surface area contributed by atoms with Gasteiger partial charge in [-0.1, -0.05) is 6.42 Å². The third-order valence-corrected chi connectivity index (χ3v) is 7.13. The third kappa shape index (κ3) is 4.53. The number of carbonyl (C=O) groups excluding carboxylic acids is 2. The Hall–Kier alpha value is -0.810. The van der Waals surface area contributed by atoms with E-state index in [0.29, 0.717) is 17.7 Å². The lowest BCUT2D eigenvalue weighted by atomic mass is 9.86. The number of rotatable bonds is 5. The molecule has 2 heterocycles. The van der Waals surface area contributed by atoms with Crippen LogP contribution in [0.4, 0.5) is 0 Å². The van der Waals surface area contributed by atoms with Crippen molar-refractivity contribution < 1.29 is 9.59 Å². The van der Waals surface area contributed by atoms with Crippen LogP contribution < -0.4 is 10.6 Å². The van der Waals surface area contributed by atoms with E-state index in [4.69, 9.17) is 0 Å². The maximum atomic E-state index is 12.8. The summed E-state index contributed by atoms with van der Waals surface area (Å²) < 4.78 is 0. The smallest absolute Gasteiger partial charge is 0.237 e. The number of nitrogens with zero attached hydrogens (tertiary/aromatic N) is 1. The standard InChI is InChI=1S/C20H33N3O2.ClH/c24-19(11-17-10-14-5-6-16(17)9-14)23-8-2-3-15(13-23)12-22-20(25)18-4-1-7-21-18;/h14-18,21H,1-13H2,(H,22,25);1H. The number of amides is 2. The van der Waals surface area contributed by atoms with Crippen molar-refractivity contribution in [3.05, 3.63) is 0 Å². The molecule has 2 amide bonds. The highest BCUT2D eigenvalue weighted by Gasteiger charge is 2.41. The van der Waals surface area contributed by atoms with E-state index in [-0.39, 0.29) is 24.4 Å². The van der Waals surface area contributed by atoms with Crippen molar-refractivity contribution in [1.82, 2.24) is 15.5 Å². The van der Waals surface area contributed by atoms with Crippen molar-refractivity contribution in [3.63, 3.8) is 0 Å². The number of carbonyl (C=O) groups is 2. The van der Waals surface area contributed by atoms with E-state index in [9.17, 15) is 9.59 Å². The van der Waals surface area contributed by atoms with E-state index < -0.39 is 0 Å². The Morgan fingerprint density at radius 1 is 1.08 bits per heavy atom. The van der Waals surface area contributed by atoms with Gasteiger partial charge >= 0.3 is 0 Å². The highest BCUT2D eigenvalue weighted by Crippen LogP contribution is 2.49. The lowest BCUT2D eigenvalue weighted by Crippen LogP contribution is -2.47. The Kier molecular flexibility index (Phi) is 6.84. The first-order valence-electron chi connectivity index (χ1n) is 10.5. The van der Waals surface area contributed by atoms with Gasteiger partial charge in [-0.05, 0) is 75.2 Å². The van der Waals surface area contributed by atoms with Gasteiger partial charge in [0, 0.05) is 26.1 Å². The fourth-order valence-electron chi connectivity index (χ4n) is 5.71. The van der Waals surface area contributed by atoms with Crippen molar-refractivity contribution in [2.75, 3.05) is 26.2 Å². The minimum absolute atomic E-state index is 0. The molecule has 0 radical (unpaired) electrons. The molecule has 2 N–H and O–H groups in total. The van der Waals surface area contributed by atoms with Gasteiger partial charge in [0.05, 0.1) is 6.04 Å². The van der Waals surface area contributed by atoms with Crippen LogP contribution in [0.2, 0.25) is 0 Å². The van der Waals surface area contributed by atoms with Crippen molar-refractivity contribution in [3.8, 4) is 0 Å². The molecule has 2 bridgehead atoms.